The molecule has 0 aromatic carbocycles. The molecule has 0 aliphatic heterocycles. The zero-order chi connectivity index (χ0) is 10.3. The van der Waals surface area contributed by atoms with Crippen LogP contribution in [0.2, 0.25) is 5.15 Å². The van der Waals surface area contributed by atoms with Crippen LogP contribution in [0.1, 0.15) is 16.2 Å². The third-order valence-corrected chi connectivity index (χ3v) is 2.32. The van der Waals surface area contributed by atoms with Crippen LogP contribution in [0.4, 0.5) is 0 Å². The summed E-state index contributed by atoms with van der Waals surface area (Å²) in [6.45, 7) is 1.68. The molecule has 14 heavy (non-hydrogen) atoms. The maximum atomic E-state index is 10.8. The predicted molar refractivity (Wildman–Crippen MR) is 51.9 cm³/mol. The van der Waals surface area contributed by atoms with Crippen molar-refractivity contribution in [3.8, 4) is 0 Å². The number of nitrogens with zero attached hydrogens (tertiary/aromatic N) is 2. The molecule has 0 aliphatic rings. The lowest BCUT2D eigenvalue weighted by molar-refractivity contribution is 0.0690. The van der Waals surface area contributed by atoms with Crippen LogP contribution in [0.5, 0.6) is 0 Å². The molecule has 2 aromatic heterocycles. The second-order valence-electron chi connectivity index (χ2n) is 2.89. The monoisotopic (exact) mass is 210 g/mol. The molecular formula is C9H7ClN2O2. The Balaban J connectivity index is 2.87. The lowest BCUT2D eigenvalue weighted by Gasteiger charge is -1.98. The van der Waals surface area contributed by atoms with Crippen LogP contribution in [-0.4, -0.2) is 20.5 Å². The summed E-state index contributed by atoms with van der Waals surface area (Å²) in [5, 5.41) is 9.30. The standard InChI is InChI=1S/C9H7ClN2O2/c1-5-8(9(13)14)11-7-4-2-3-6(10)12(5)7/h2-4H,1H3,(H,13,14). The molecule has 5 heteroatoms. The number of pyridine rings is 1. The van der Waals surface area contributed by atoms with Gasteiger partial charge in [0.2, 0.25) is 0 Å². The number of hydrogen-bond acceptors (Lipinski definition) is 2. The molecule has 2 aromatic rings. The molecule has 72 valence electrons. The number of fused-ring (bicyclic) bond motifs is 1. The first-order valence-corrected chi connectivity index (χ1v) is 4.36. The molecule has 0 saturated carbocycles. The van der Waals surface area contributed by atoms with Gasteiger partial charge in [0.05, 0.1) is 5.69 Å². The van der Waals surface area contributed by atoms with Crippen LogP contribution in [0, 0.1) is 6.92 Å². The summed E-state index contributed by atoms with van der Waals surface area (Å²) in [6.07, 6.45) is 0. The molecule has 0 saturated heterocycles. The summed E-state index contributed by atoms with van der Waals surface area (Å²) in [6, 6.07) is 5.13. The van der Waals surface area contributed by atoms with Crippen molar-refractivity contribution in [2.45, 2.75) is 6.92 Å². The third kappa shape index (κ3) is 1.15. The summed E-state index contributed by atoms with van der Waals surface area (Å²) in [5.74, 6) is -1.04. The van der Waals surface area contributed by atoms with E-state index in [2.05, 4.69) is 4.98 Å². The fraction of sp³-hybridized carbons (Fsp3) is 0.111. The minimum atomic E-state index is -1.04. The number of hydrogen-bond donors (Lipinski definition) is 1. The van der Waals surface area contributed by atoms with Crippen LogP contribution in [0.3, 0.4) is 0 Å². The average Bonchev–Trinajstić information content (AvgIpc) is 2.45. The molecule has 2 heterocycles. The lowest BCUT2D eigenvalue weighted by atomic mass is 10.3. The molecule has 0 radical (unpaired) electrons. The number of aryl methyl sites for hydroxylation is 1. The normalized spacial score (nSPS) is 10.7. The summed E-state index contributed by atoms with van der Waals surface area (Å²) < 4.78 is 1.60. The van der Waals surface area contributed by atoms with E-state index < -0.39 is 5.97 Å². The van der Waals surface area contributed by atoms with Crippen LogP contribution in [0.25, 0.3) is 5.65 Å². The van der Waals surface area contributed by atoms with Gasteiger partial charge in [-0.3, -0.25) is 4.40 Å². The number of carbonyl (C=O) groups is 1. The number of carboxylic acids is 1. The molecule has 0 atom stereocenters. The van der Waals surface area contributed by atoms with E-state index in [0.29, 0.717) is 16.5 Å². The average molecular weight is 211 g/mol. The SMILES string of the molecule is Cc1c(C(=O)O)nc2cccc(Cl)n12. The topological polar surface area (TPSA) is 54.6 Å². The quantitative estimate of drug-likeness (QED) is 0.733. The number of imidazole rings is 1. The zero-order valence-corrected chi connectivity index (χ0v) is 8.12. The van der Waals surface area contributed by atoms with Gasteiger partial charge in [0, 0.05) is 0 Å². The minimum Gasteiger partial charge on any atom is -0.476 e. The number of aromatic carboxylic acids is 1. The molecule has 4 nitrogen and oxygen atoms in total. The second kappa shape index (κ2) is 2.99. The van der Waals surface area contributed by atoms with Crippen LogP contribution in [-0.2, 0) is 0 Å². The highest BCUT2D eigenvalue weighted by molar-refractivity contribution is 6.29. The van der Waals surface area contributed by atoms with Gasteiger partial charge in [0.1, 0.15) is 10.8 Å². The van der Waals surface area contributed by atoms with Gasteiger partial charge in [-0.15, -0.1) is 0 Å². The van der Waals surface area contributed by atoms with Crippen LogP contribution >= 0.6 is 11.6 Å². The first kappa shape index (κ1) is 9.02. The van der Waals surface area contributed by atoms with Crippen molar-refractivity contribution >= 4 is 23.2 Å². The van der Waals surface area contributed by atoms with Gasteiger partial charge in [-0.1, -0.05) is 17.7 Å². The molecule has 0 unspecified atom stereocenters. The van der Waals surface area contributed by atoms with Gasteiger partial charge in [-0.05, 0) is 19.1 Å². The minimum absolute atomic E-state index is 0.0399. The van der Waals surface area contributed by atoms with Gasteiger partial charge in [0.15, 0.2) is 5.69 Å². The molecule has 1 N–H and O–H groups in total. The van der Waals surface area contributed by atoms with Crippen molar-refractivity contribution in [2.75, 3.05) is 0 Å². The van der Waals surface area contributed by atoms with Gasteiger partial charge in [0.25, 0.3) is 0 Å². The van der Waals surface area contributed by atoms with Gasteiger partial charge in [-0.2, -0.15) is 0 Å². The highest BCUT2D eigenvalue weighted by Gasteiger charge is 2.15. The lowest BCUT2D eigenvalue weighted by Crippen LogP contribution is -1.99. The summed E-state index contributed by atoms with van der Waals surface area (Å²) >= 11 is 5.91. The second-order valence-corrected chi connectivity index (χ2v) is 3.28. The molecule has 0 aliphatic carbocycles. The Labute approximate surface area is 84.8 Å². The van der Waals surface area contributed by atoms with Crippen molar-refractivity contribution in [1.82, 2.24) is 9.38 Å². The fourth-order valence-electron chi connectivity index (χ4n) is 1.40. The van der Waals surface area contributed by atoms with Crippen LogP contribution < -0.4 is 0 Å². The summed E-state index contributed by atoms with van der Waals surface area (Å²) in [4.78, 5) is 14.7. The molecule has 2 rings (SSSR count). The Hall–Kier alpha value is -1.55. The van der Waals surface area contributed by atoms with Crippen molar-refractivity contribution < 1.29 is 9.90 Å². The smallest absolute Gasteiger partial charge is 0.356 e. The number of aromatic nitrogens is 2. The number of rotatable bonds is 1. The van der Waals surface area contributed by atoms with Gasteiger partial charge >= 0.3 is 5.97 Å². The van der Waals surface area contributed by atoms with Crippen molar-refractivity contribution in [3.63, 3.8) is 0 Å². The Morgan fingerprint density at radius 1 is 1.57 bits per heavy atom. The van der Waals surface area contributed by atoms with E-state index in [4.69, 9.17) is 16.7 Å². The highest BCUT2D eigenvalue weighted by atomic mass is 35.5. The Morgan fingerprint density at radius 3 is 2.86 bits per heavy atom. The van der Waals surface area contributed by atoms with Gasteiger partial charge in [-0.25, -0.2) is 9.78 Å². The molecule has 0 bridgehead atoms. The van der Waals surface area contributed by atoms with E-state index in [1.54, 1.807) is 29.5 Å². The first-order valence-electron chi connectivity index (χ1n) is 3.98. The van der Waals surface area contributed by atoms with E-state index in [9.17, 15) is 4.79 Å². The summed E-state index contributed by atoms with van der Waals surface area (Å²) in [5.41, 5.74) is 1.13. The molecular weight excluding hydrogens is 204 g/mol. The molecule has 0 spiro atoms. The zero-order valence-electron chi connectivity index (χ0n) is 7.36. The van der Waals surface area contributed by atoms with Crippen molar-refractivity contribution in [2.24, 2.45) is 0 Å². The van der Waals surface area contributed by atoms with Crippen molar-refractivity contribution in [1.29, 1.82) is 0 Å². The fourth-order valence-corrected chi connectivity index (χ4v) is 1.68. The Bertz CT molecular complexity index is 519. The maximum absolute atomic E-state index is 10.8. The third-order valence-electron chi connectivity index (χ3n) is 2.03. The van der Waals surface area contributed by atoms with E-state index in [-0.39, 0.29) is 5.69 Å². The van der Waals surface area contributed by atoms with Crippen molar-refractivity contribution in [3.05, 3.63) is 34.7 Å². The maximum Gasteiger partial charge on any atom is 0.356 e. The number of halogens is 1. The van der Waals surface area contributed by atoms with Gasteiger partial charge < -0.3 is 5.11 Å². The predicted octanol–water partition coefficient (Wildman–Crippen LogP) is 1.99. The Morgan fingerprint density at radius 2 is 2.29 bits per heavy atom. The van der Waals surface area contributed by atoms with E-state index >= 15 is 0 Å². The summed E-state index contributed by atoms with van der Waals surface area (Å²) in [7, 11) is 0. The largest absolute Gasteiger partial charge is 0.476 e. The van der Waals surface area contributed by atoms with E-state index in [1.165, 1.54) is 0 Å². The Kier molecular flexibility index (Phi) is 1.93. The van der Waals surface area contributed by atoms with Crippen LogP contribution in [0.15, 0.2) is 18.2 Å². The molecule has 0 fully saturated rings. The highest BCUT2D eigenvalue weighted by Crippen LogP contribution is 2.17. The van der Waals surface area contributed by atoms with E-state index in [1.807, 2.05) is 0 Å². The first-order chi connectivity index (χ1) is 6.61. The van der Waals surface area contributed by atoms with E-state index in [0.717, 1.165) is 0 Å². The molecule has 0 amide bonds. The number of carboxylic acid groups (broad SMARTS) is 1.